The summed E-state index contributed by atoms with van der Waals surface area (Å²) in [5.74, 6) is 0.776. The normalized spacial score (nSPS) is 22.0. The molecule has 2 fully saturated rings. The number of morpholine rings is 2. The average molecular weight is 460 g/mol. The number of aryl methyl sites for hydroxylation is 1. The molecule has 1 atom stereocenters. The minimum atomic E-state index is -0.740. The van der Waals surface area contributed by atoms with Gasteiger partial charge in [-0.3, -0.25) is 14.7 Å². The summed E-state index contributed by atoms with van der Waals surface area (Å²) in [4.78, 5) is 21.8. The van der Waals surface area contributed by atoms with Crippen LogP contribution in [0.25, 0.3) is 0 Å². The van der Waals surface area contributed by atoms with Crippen molar-refractivity contribution in [2.75, 3.05) is 52.6 Å². The minimum Gasteiger partial charge on any atom is -0.491 e. The lowest BCUT2D eigenvalue weighted by molar-refractivity contribution is -0.159. The molecule has 1 amide bonds. The van der Waals surface area contributed by atoms with Crippen molar-refractivity contribution in [2.24, 2.45) is 0 Å². The number of ether oxygens (including phenoxy) is 3. The number of halogens is 1. The Morgan fingerprint density at radius 3 is 2.69 bits per heavy atom. The first-order chi connectivity index (χ1) is 15.5. The zero-order valence-corrected chi connectivity index (χ0v) is 19.2. The molecule has 0 aliphatic carbocycles. The molecule has 3 heterocycles. The summed E-state index contributed by atoms with van der Waals surface area (Å²) in [6.07, 6.45) is 2.08. The zero-order valence-electron chi connectivity index (χ0n) is 18.5. The van der Waals surface area contributed by atoms with Gasteiger partial charge in [0.1, 0.15) is 18.0 Å². The standard InChI is InChI=1S/C24H30ClN3O4/c1-19-3-2-8-26-22(19)16-27-9-14-32-24(17-27,15-23(29)28-10-12-30-13-11-28)18-31-21-6-4-20(25)5-7-21/h2-8H,9-18H2,1H3. The summed E-state index contributed by atoms with van der Waals surface area (Å²) in [5.41, 5.74) is 1.46. The number of benzene rings is 1. The molecule has 0 radical (unpaired) electrons. The SMILES string of the molecule is Cc1cccnc1CN1CCOC(COc2ccc(Cl)cc2)(CC(=O)N2CCOCC2)C1. The number of hydrogen-bond acceptors (Lipinski definition) is 6. The van der Waals surface area contributed by atoms with E-state index in [1.807, 2.05) is 29.3 Å². The van der Waals surface area contributed by atoms with Gasteiger partial charge in [-0.2, -0.15) is 0 Å². The molecular formula is C24H30ClN3O4. The van der Waals surface area contributed by atoms with E-state index in [4.69, 9.17) is 25.8 Å². The molecule has 1 aromatic heterocycles. The van der Waals surface area contributed by atoms with Gasteiger partial charge in [-0.05, 0) is 42.8 Å². The summed E-state index contributed by atoms with van der Waals surface area (Å²) in [6, 6.07) is 11.3. The van der Waals surface area contributed by atoms with Crippen molar-refractivity contribution in [3.63, 3.8) is 0 Å². The largest absolute Gasteiger partial charge is 0.491 e. The monoisotopic (exact) mass is 459 g/mol. The van der Waals surface area contributed by atoms with Crippen LogP contribution in [0.5, 0.6) is 5.75 Å². The summed E-state index contributed by atoms with van der Waals surface area (Å²) in [5, 5.41) is 0.653. The second-order valence-electron chi connectivity index (χ2n) is 8.42. The molecule has 2 aromatic rings. The van der Waals surface area contributed by atoms with Crippen LogP contribution < -0.4 is 4.74 Å². The van der Waals surface area contributed by atoms with E-state index in [1.165, 1.54) is 0 Å². The van der Waals surface area contributed by atoms with Crippen molar-refractivity contribution in [1.29, 1.82) is 0 Å². The highest BCUT2D eigenvalue weighted by Gasteiger charge is 2.41. The topological polar surface area (TPSA) is 64.1 Å². The minimum absolute atomic E-state index is 0.0730. The van der Waals surface area contributed by atoms with Crippen molar-refractivity contribution in [3.05, 3.63) is 58.9 Å². The Morgan fingerprint density at radius 2 is 1.94 bits per heavy atom. The first-order valence-electron chi connectivity index (χ1n) is 11.0. The summed E-state index contributed by atoms with van der Waals surface area (Å²) < 4.78 is 17.8. The van der Waals surface area contributed by atoms with E-state index in [9.17, 15) is 4.79 Å². The third-order valence-electron chi connectivity index (χ3n) is 5.97. The number of rotatable bonds is 7. The molecule has 0 bridgehead atoms. The van der Waals surface area contributed by atoms with E-state index in [0.717, 1.165) is 17.8 Å². The number of aromatic nitrogens is 1. The highest BCUT2D eigenvalue weighted by molar-refractivity contribution is 6.30. The summed E-state index contributed by atoms with van der Waals surface area (Å²) >= 11 is 6.00. The van der Waals surface area contributed by atoms with Gasteiger partial charge >= 0.3 is 0 Å². The fourth-order valence-corrected chi connectivity index (χ4v) is 4.27. The van der Waals surface area contributed by atoms with Crippen LogP contribution >= 0.6 is 11.6 Å². The summed E-state index contributed by atoms with van der Waals surface area (Å²) in [7, 11) is 0. The van der Waals surface area contributed by atoms with E-state index in [0.29, 0.717) is 56.8 Å². The van der Waals surface area contributed by atoms with Gasteiger partial charge in [0.15, 0.2) is 0 Å². The van der Waals surface area contributed by atoms with Gasteiger partial charge < -0.3 is 19.1 Å². The van der Waals surface area contributed by atoms with Crippen molar-refractivity contribution < 1.29 is 19.0 Å². The Balaban J connectivity index is 1.49. The molecule has 0 spiro atoms. The van der Waals surface area contributed by atoms with Gasteiger partial charge in [-0.15, -0.1) is 0 Å². The average Bonchev–Trinajstić information content (AvgIpc) is 2.81. The molecule has 4 rings (SSSR count). The molecule has 7 nitrogen and oxygen atoms in total. The van der Waals surface area contributed by atoms with Gasteiger partial charge in [0.25, 0.3) is 0 Å². The van der Waals surface area contributed by atoms with Crippen LogP contribution in [-0.2, 0) is 20.8 Å². The first kappa shape index (κ1) is 23.0. The van der Waals surface area contributed by atoms with E-state index < -0.39 is 5.60 Å². The van der Waals surface area contributed by atoms with Crippen LogP contribution in [0.1, 0.15) is 17.7 Å². The van der Waals surface area contributed by atoms with Crippen molar-refractivity contribution in [2.45, 2.75) is 25.5 Å². The maximum Gasteiger partial charge on any atom is 0.225 e. The second-order valence-corrected chi connectivity index (χ2v) is 8.86. The summed E-state index contributed by atoms with van der Waals surface area (Å²) in [6.45, 7) is 7.35. The molecule has 2 aliphatic rings. The van der Waals surface area contributed by atoms with Crippen LogP contribution in [0.3, 0.4) is 0 Å². The number of carbonyl (C=O) groups is 1. The van der Waals surface area contributed by atoms with E-state index in [-0.39, 0.29) is 18.9 Å². The van der Waals surface area contributed by atoms with Crippen LogP contribution in [0.15, 0.2) is 42.6 Å². The molecule has 32 heavy (non-hydrogen) atoms. The van der Waals surface area contributed by atoms with E-state index >= 15 is 0 Å². The Labute approximate surface area is 194 Å². The molecular weight excluding hydrogens is 430 g/mol. The van der Waals surface area contributed by atoms with Gasteiger partial charge in [-0.25, -0.2) is 0 Å². The van der Waals surface area contributed by atoms with Gasteiger partial charge in [-0.1, -0.05) is 17.7 Å². The fourth-order valence-electron chi connectivity index (χ4n) is 4.15. The maximum atomic E-state index is 13.1. The fraction of sp³-hybridized carbons (Fsp3) is 0.500. The predicted octanol–water partition coefficient (Wildman–Crippen LogP) is 2.94. The second kappa shape index (κ2) is 10.6. The van der Waals surface area contributed by atoms with E-state index in [2.05, 4.69) is 22.9 Å². The maximum absolute atomic E-state index is 13.1. The van der Waals surface area contributed by atoms with E-state index in [1.54, 1.807) is 12.1 Å². The third kappa shape index (κ3) is 5.98. The number of carbonyl (C=O) groups excluding carboxylic acids is 1. The first-order valence-corrected chi connectivity index (χ1v) is 11.4. The zero-order chi connectivity index (χ0) is 22.4. The Bertz CT molecular complexity index is 904. The number of hydrogen-bond donors (Lipinski definition) is 0. The van der Waals surface area contributed by atoms with Crippen molar-refractivity contribution in [3.8, 4) is 5.75 Å². The highest BCUT2D eigenvalue weighted by atomic mass is 35.5. The van der Waals surface area contributed by atoms with Crippen LogP contribution in [0, 0.1) is 6.92 Å². The number of amides is 1. The highest BCUT2D eigenvalue weighted by Crippen LogP contribution is 2.27. The van der Waals surface area contributed by atoms with Gasteiger partial charge in [0.05, 0.1) is 31.9 Å². The lowest BCUT2D eigenvalue weighted by Crippen LogP contribution is -2.57. The molecule has 2 saturated heterocycles. The third-order valence-corrected chi connectivity index (χ3v) is 6.22. The molecule has 2 aliphatic heterocycles. The predicted molar refractivity (Wildman–Crippen MR) is 122 cm³/mol. The van der Waals surface area contributed by atoms with Crippen molar-refractivity contribution in [1.82, 2.24) is 14.8 Å². The van der Waals surface area contributed by atoms with Crippen LogP contribution in [0.2, 0.25) is 5.02 Å². The Kier molecular flexibility index (Phi) is 7.63. The number of nitrogens with zero attached hydrogens (tertiary/aromatic N) is 3. The molecule has 1 unspecified atom stereocenters. The van der Waals surface area contributed by atoms with Crippen LogP contribution in [0.4, 0.5) is 0 Å². The lowest BCUT2D eigenvalue weighted by atomic mass is 9.96. The molecule has 172 valence electrons. The van der Waals surface area contributed by atoms with Crippen molar-refractivity contribution >= 4 is 17.5 Å². The van der Waals surface area contributed by atoms with Gasteiger partial charge in [0.2, 0.25) is 5.91 Å². The number of pyridine rings is 1. The van der Waals surface area contributed by atoms with Gasteiger partial charge in [0, 0.05) is 43.9 Å². The molecule has 0 N–H and O–H groups in total. The smallest absolute Gasteiger partial charge is 0.225 e. The quantitative estimate of drug-likeness (QED) is 0.634. The Morgan fingerprint density at radius 1 is 1.16 bits per heavy atom. The molecule has 1 aromatic carbocycles. The Hall–Kier alpha value is -2.19. The van der Waals surface area contributed by atoms with Crippen LogP contribution in [-0.4, -0.2) is 78.9 Å². The molecule has 8 heteroatoms. The molecule has 0 saturated carbocycles. The lowest BCUT2D eigenvalue weighted by Gasteiger charge is -2.43.